The number of unbranched alkanes of at least 4 members (excludes halogenated alkanes) is 2. The number of carbonyl (C=O) groups excluding carboxylic acids is 6. The van der Waals surface area contributed by atoms with Gasteiger partial charge in [0.2, 0.25) is 24.1 Å². The molecule has 7 atom stereocenters. The van der Waals surface area contributed by atoms with Crippen LogP contribution in [0.5, 0.6) is 5.75 Å². The van der Waals surface area contributed by atoms with Crippen molar-refractivity contribution in [3.63, 3.8) is 0 Å². The van der Waals surface area contributed by atoms with Crippen molar-refractivity contribution in [3.8, 4) is 5.75 Å². The van der Waals surface area contributed by atoms with Gasteiger partial charge in [0.25, 0.3) is 0 Å². The standard InChI is InChI=1S/C43H63ClN4O12/c1-28-15-13-16-37(59-9)43(56,45-27-50)26-36(58-8)29(2)34(51)24-32(25-40(54)48(6)33-22-31(21-28)23-35(57-7)41(33)44)60-42(55)30(3)47(5)39(53)17-11-10-12-19-46(4)38(52)18-14-20-49/h13-16,18,20,22-23,27,29-30,32,34,36-37,51,56H,10-12,17,19,21,24-26H2,1-9H3,(H,45,50)/b16-13+,18-14-,28-15+/t29?,30-,32?,34+,36?,37+,43-/m0/s1. The molecule has 0 aliphatic carbocycles. The van der Waals surface area contributed by atoms with Gasteiger partial charge in [0.1, 0.15) is 35.3 Å². The molecule has 0 saturated heterocycles. The number of methoxy groups -OCH3 is 3. The molecule has 4 amide bonds. The summed E-state index contributed by atoms with van der Waals surface area (Å²) in [6.45, 7) is 5.48. The van der Waals surface area contributed by atoms with E-state index in [1.165, 1.54) is 63.1 Å². The molecular weight excluding hydrogens is 800 g/mol. The van der Waals surface area contributed by atoms with Crippen molar-refractivity contribution < 1.29 is 57.9 Å². The number of nitrogens with zero attached hydrogens (tertiary/aromatic N) is 3. The first-order chi connectivity index (χ1) is 28.4. The summed E-state index contributed by atoms with van der Waals surface area (Å²) < 4.78 is 22.8. The van der Waals surface area contributed by atoms with Crippen LogP contribution in [0, 0.1) is 5.92 Å². The molecular formula is C43H63ClN4O12. The van der Waals surface area contributed by atoms with Crippen molar-refractivity contribution >= 4 is 53.7 Å². The zero-order chi connectivity index (χ0) is 45.2. The maximum atomic E-state index is 14.0. The summed E-state index contributed by atoms with van der Waals surface area (Å²) in [5.41, 5.74) is 0.00288. The number of hydrogen-bond acceptors (Lipinski definition) is 12. The first-order valence-electron chi connectivity index (χ1n) is 19.8. The lowest BCUT2D eigenvalue weighted by Gasteiger charge is -2.38. The normalized spacial score (nSPS) is 25.1. The Hall–Kier alpha value is -4.61. The summed E-state index contributed by atoms with van der Waals surface area (Å²) >= 11 is 6.73. The van der Waals surface area contributed by atoms with Gasteiger partial charge in [0.05, 0.1) is 31.4 Å². The van der Waals surface area contributed by atoms with Crippen LogP contribution in [0.3, 0.4) is 0 Å². The number of anilines is 1. The van der Waals surface area contributed by atoms with Crippen LogP contribution < -0.4 is 15.0 Å². The van der Waals surface area contributed by atoms with Gasteiger partial charge < -0.3 is 49.2 Å². The fourth-order valence-corrected chi connectivity index (χ4v) is 7.08. The monoisotopic (exact) mass is 862 g/mol. The SMILES string of the molecule is COc1cc2cc(c1Cl)N(C)C(=O)CC(OC(=O)[C@H](C)N(C)C(=O)CCCCCN(C)C(=O)/C=C\C=O)C[C@@H](O)C(C)C(OC)C[C@@](O)(NC=O)[C@H](OC)/C=C/C=C(\C)C2. The van der Waals surface area contributed by atoms with E-state index in [4.69, 9.17) is 30.5 Å². The average molecular weight is 863 g/mol. The van der Waals surface area contributed by atoms with E-state index in [9.17, 15) is 39.0 Å². The van der Waals surface area contributed by atoms with E-state index in [2.05, 4.69) is 5.32 Å². The minimum Gasteiger partial charge on any atom is -0.495 e. The summed E-state index contributed by atoms with van der Waals surface area (Å²) in [6.07, 6.45) is 5.30. The number of likely N-dealkylation sites (N-methyl/N-ethyl adjacent to an activating group) is 2. The van der Waals surface area contributed by atoms with Gasteiger partial charge in [-0.05, 0) is 56.9 Å². The molecule has 16 nitrogen and oxygen atoms in total. The zero-order valence-corrected chi connectivity index (χ0v) is 37.0. The van der Waals surface area contributed by atoms with E-state index in [-0.39, 0.29) is 42.5 Å². The Balaban J connectivity index is 2.44. The Morgan fingerprint density at radius 3 is 2.43 bits per heavy atom. The minimum atomic E-state index is -1.98. The molecule has 0 saturated carbocycles. The average Bonchev–Trinajstić information content (AvgIpc) is 3.21. The Kier molecular flexibility index (Phi) is 21.7. The minimum absolute atomic E-state index is 0.127. The number of esters is 1. The second kappa shape index (κ2) is 25.2. The maximum Gasteiger partial charge on any atom is 0.328 e. The molecule has 2 bridgehead atoms. The Labute approximate surface area is 358 Å². The molecule has 334 valence electrons. The van der Waals surface area contributed by atoms with Gasteiger partial charge in [0, 0.05) is 73.2 Å². The highest BCUT2D eigenvalue weighted by molar-refractivity contribution is 6.35. The predicted octanol–water partition coefficient (Wildman–Crippen LogP) is 3.53. The number of aldehydes is 1. The molecule has 1 heterocycles. The van der Waals surface area contributed by atoms with E-state index in [0.29, 0.717) is 56.4 Å². The second-order valence-corrected chi connectivity index (χ2v) is 15.5. The molecule has 0 fully saturated rings. The molecule has 0 spiro atoms. The third kappa shape index (κ3) is 15.1. The van der Waals surface area contributed by atoms with Crippen molar-refractivity contribution in [2.24, 2.45) is 5.92 Å². The third-order valence-electron chi connectivity index (χ3n) is 10.8. The number of aliphatic hydroxyl groups is 2. The lowest BCUT2D eigenvalue weighted by atomic mass is 9.86. The molecule has 0 radical (unpaired) electrons. The molecule has 1 aromatic carbocycles. The topological polar surface area (TPSA) is 202 Å². The van der Waals surface area contributed by atoms with Crippen LogP contribution in [-0.4, -0.2) is 142 Å². The van der Waals surface area contributed by atoms with E-state index in [1.807, 2.05) is 13.0 Å². The lowest BCUT2D eigenvalue weighted by Crippen LogP contribution is -2.57. The van der Waals surface area contributed by atoms with Crippen molar-refractivity contribution in [1.82, 2.24) is 15.1 Å². The number of nitrogens with one attached hydrogen (secondary N) is 1. The first kappa shape index (κ1) is 51.5. The number of aliphatic hydroxyl groups excluding tert-OH is 1. The molecule has 17 heteroatoms. The predicted molar refractivity (Wildman–Crippen MR) is 226 cm³/mol. The van der Waals surface area contributed by atoms with E-state index in [0.717, 1.165) is 17.2 Å². The Bertz CT molecular complexity index is 1720. The summed E-state index contributed by atoms with van der Waals surface area (Å²) in [4.78, 5) is 79.1. The van der Waals surface area contributed by atoms with Crippen LogP contribution in [0.1, 0.15) is 71.3 Å². The van der Waals surface area contributed by atoms with Gasteiger partial charge >= 0.3 is 5.97 Å². The third-order valence-corrected chi connectivity index (χ3v) is 11.2. The zero-order valence-electron chi connectivity index (χ0n) is 36.2. The molecule has 2 rings (SSSR count). The Morgan fingerprint density at radius 2 is 1.82 bits per heavy atom. The number of allylic oxidation sites excluding steroid dienone is 4. The number of hydrogen-bond donors (Lipinski definition) is 3. The largest absolute Gasteiger partial charge is 0.495 e. The van der Waals surface area contributed by atoms with Crippen LogP contribution >= 0.6 is 11.6 Å². The number of benzene rings is 1. The highest BCUT2D eigenvalue weighted by atomic mass is 35.5. The smallest absolute Gasteiger partial charge is 0.328 e. The quantitative estimate of drug-likeness (QED) is 0.0719. The molecule has 3 N–H and O–H groups in total. The number of fused-ring (bicyclic) bond motifs is 2. The highest BCUT2D eigenvalue weighted by Gasteiger charge is 2.41. The van der Waals surface area contributed by atoms with E-state index in [1.54, 1.807) is 38.3 Å². The molecule has 1 aliphatic rings. The lowest BCUT2D eigenvalue weighted by molar-refractivity contribution is -0.161. The van der Waals surface area contributed by atoms with Crippen molar-refractivity contribution in [1.29, 1.82) is 0 Å². The molecule has 1 aromatic rings. The van der Waals surface area contributed by atoms with Gasteiger partial charge in [-0.2, -0.15) is 0 Å². The van der Waals surface area contributed by atoms with Gasteiger partial charge in [0.15, 0.2) is 5.72 Å². The molecule has 60 heavy (non-hydrogen) atoms. The number of ether oxygens (including phenoxy) is 4. The van der Waals surface area contributed by atoms with Gasteiger partial charge in [-0.25, -0.2) is 4.79 Å². The van der Waals surface area contributed by atoms with Crippen LogP contribution in [0.15, 0.2) is 48.1 Å². The summed E-state index contributed by atoms with van der Waals surface area (Å²) in [5.74, 6) is -2.35. The first-order valence-corrected chi connectivity index (χ1v) is 20.2. The van der Waals surface area contributed by atoms with E-state index >= 15 is 0 Å². The number of carbonyl (C=O) groups is 6. The van der Waals surface area contributed by atoms with Crippen molar-refractivity contribution in [3.05, 3.63) is 58.7 Å². The summed E-state index contributed by atoms with van der Waals surface area (Å²) in [7, 11) is 8.84. The molecule has 0 aromatic heterocycles. The van der Waals surface area contributed by atoms with Crippen LogP contribution in [0.25, 0.3) is 0 Å². The second-order valence-electron chi connectivity index (χ2n) is 15.2. The number of amides is 4. The molecule has 1 aliphatic heterocycles. The maximum absolute atomic E-state index is 14.0. The number of rotatable bonds is 16. The van der Waals surface area contributed by atoms with Gasteiger partial charge in [-0.1, -0.05) is 48.7 Å². The van der Waals surface area contributed by atoms with Crippen LogP contribution in [-0.2, 0) is 49.4 Å². The van der Waals surface area contributed by atoms with Crippen molar-refractivity contribution in [2.75, 3.05) is 53.9 Å². The number of halogens is 1. The highest BCUT2D eigenvalue weighted by Crippen LogP contribution is 2.37. The van der Waals surface area contributed by atoms with Gasteiger partial charge in [-0.3, -0.25) is 24.0 Å². The van der Waals surface area contributed by atoms with Gasteiger partial charge in [-0.15, -0.1) is 0 Å². The van der Waals surface area contributed by atoms with Crippen molar-refractivity contribution in [2.45, 2.75) is 108 Å². The summed E-state index contributed by atoms with van der Waals surface area (Å²) in [6, 6.07) is 2.44. The fraction of sp³-hybridized carbons (Fsp3) is 0.581. The summed E-state index contributed by atoms with van der Waals surface area (Å²) in [5, 5.41) is 26.0. The fourth-order valence-electron chi connectivity index (χ4n) is 6.76. The van der Waals surface area contributed by atoms with Crippen LogP contribution in [0.2, 0.25) is 5.02 Å². The molecule has 3 unspecified atom stereocenters. The Morgan fingerprint density at radius 1 is 1.12 bits per heavy atom. The van der Waals surface area contributed by atoms with Crippen LogP contribution in [0.4, 0.5) is 5.69 Å². The van der Waals surface area contributed by atoms with E-state index < -0.39 is 54.0 Å².